The minimum atomic E-state index is 0.628. The third-order valence-corrected chi connectivity index (χ3v) is 2.21. The minimum absolute atomic E-state index is 0.628. The Balaban J connectivity index is 1.83. The molecule has 2 aromatic heterocycles. The monoisotopic (exact) mass is 206 g/mol. The van der Waals surface area contributed by atoms with E-state index in [1.807, 2.05) is 26.4 Å². The highest BCUT2D eigenvalue weighted by molar-refractivity contribution is 5.11. The number of hydrogen-bond acceptors (Lipinski definition) is 3. The molecule has 5 heteroatoms. The molecular weight excluding hydrogens is 192 g/mol. The van der Waals surface area contributed by atoms with Gasteiger partial charge in [0.25, 0.3) is 0 Å². The van der Waals surface area contributed by atoms with E-state index in [-0.39, 0.29) is 0 Å². The lowest BCUT2D eigenvalue weighted by Crippen LogP contribution is -2.08. The number of aromatic nitrogens is 4. The lowest BCUT2D eigenvalue weighted by molar-refractivity contribution is 0.297. The van der Waals surface area contributed by atoms with Gasteiger partial charge in [-0.25, -0.2) is 4.98 Å². The van der Waals surface area contributed by atoms with Gasteiger partial charge in [-0.05, 0) is 6.92 Å². The van der Waals surface area contributed by atoms with Crippen LogP contribution in [0.5, 0.6) is 5.75 Å². The summed E-state index contributed by atoms with van der Waals surface area (Å²) in [5.41, 5.74) is 0. The van der Waals surface area contributed by atoms with Crippen LogP contribution in [-0.2, 0) is 13.6 Å². The molecule has 2 rings (SSSR count). The molecule has 0 saturated carbocycles. The molecular formula is C10H14N4O. The van der Waals surface area contributed by atoms with Crippen LogP contribution in [0.2, 0.25) is 0 Å². The predicted molar refractivity (Wildman–Crippen MR) is 55.7 cm³/mol. The molecule has 0 aliphatic carbocycles. The van der Waals surface area contributed by atoms with E-state index >= 15 is 0 Å². The largest absolute Gasteiger partial charge is 0.488 e. The van der Waals surface area contributed by atoms with Gasteiger partial charge in [-0.15, -0.1) is 0 Å². The number of rotatable bonds is 4. The van der Waals surface area contributed by atoms with Crippen LogP contribution in [0.4, 0.5) is 0 Å². The Kier molecular flexibility index (Phi) is 2.71. The summed E-state index contributed by atoms with van der Waals surface area (Å²) in [4.78, 5) is 4.14. The summed E-state index contributed by atoms with van der Waals surface area (Å²) in [7, 11) is 1.87. The van der Waals surface area contributed by atoms with Crippen molar-refractivity contribution in [2.45, 2.75) is 13.5 Å². The van der Waals surface area contributed by atoms with Gasteiger partial charge in [-0.2, -0.15) is 5.10 Å². The van der Waals surface area contributed by atoms with Crippen LogP contribution in [0.15, 0.2) is 24.8 Å². The van der Waals surface area contributed by atoms with Gasteiger partial charge in [-0.1, -0.05) is 0 Å². The van der Waals surface area contributed by atoms with Crippen LogP contribution < -0.4 is 4.74 Å². The summed E-state index contributed by atoms with van der Waals surface area (Å²) >= 11 is 0. The maximum atomic E-state index is 5.52. The zero-order valence-electron chi connectivity index (χ0n) is 8.92. The first-order valence-corrected chi connectivity index (χ1v) is 4.85. The second-order valence-electron chi connectivity index (χ2n) is 3.37. The molecule has 0 spiro atoms. The molecule has 0 amide bonds. The number of aryl methyl sites for hydroxylation is 2. The van der Waals surface area contributed by atoms with Crippen molar-refractivity contribution in [2.75, 3.05) is 6.61 Å². The number of imidazole rings is 1. The van der Waals surface area contributed by atoms with Crippen molar-refractivity contribution < 1.29 is 4.74 Å². The molecule has 0 N–H and O–H groups in total. The van der Waals surface area contributed by atoms with Gasteiger partial charge in [0.15, 0.2) is 5.75 Å². The van der Waals surface area contributed by atoms with Crippen LogP contribution in [0, 0.1) is 6.92 Å². The zero-order chi connectivity index (χ0) is 10.7. The summed E-state index contributed by atoms with van der Waals surface area (Å²) < 4.78 is 9.30. The summed E-state index contributed by atoms with van der Waals surface area (Å²) in [5, 5.41) is 4.02. The fourth-order valence-corrected chi connectivity index (χ4v) is 1.38. The molecule has 0 aliphatic heterocycles. The Morgan fingerprint density at radius 1 is 1.47 bits per heavy atom. The molecule has 0 unspecified atom stereocenters. The lowest BCUT2D eigenvalue weighted by Gasteiger charge is -2.05. The van der Waals surface area contributed by atoms with Gasteiger partial charge in [0.1, 0.15) is 12.4 Å². The Labute approximate surface area is 88.3 Å². The molecule has 0 radical (unpaired) electrons. The standard InChI is InChI=1S/C10H14N4O/c1-9-11-3-4-14(9)5-6-15-10-7-12-13(2)8-10/h3-4,7-8H,5-6H2,1-2H3. The smallest absolute Gasteiger partial charge is 0.157 e. The average molecular weight is 206 g/mol. The highest BCUT2D eigenvalue weighted by atomic mass is 16.5. The lowest BCUT2D eigenvalue weighted by atomic mass is 10.6. The Hall–Kier alpha value is -1.78. The van der Waals surface area contributed by atoms with Crippen LogP contribution in [0.3, 0.4) is 0 Å². The van der Waals surface area contributed by atoms with Crippen LogP contribution in [0.1, 0.15) is 5.82 Å². The van der Waals surface area contributed by atoms with Crippen molar-refractivity contribution in [3.05, 3.63) is 30.6 Å². The van der Waals surface area contributed by atoms with Gasteiger partial charge in [0, 0.05) is 19.4 Å². The van der Waals surface area contributed by atoms with Crippen molar-refractivity contribution in [2.24, 2.45) is 7.05 Å². The second-order valence-corrected chi connectivity index (χ2v) is 3.37. The summed E-state index contributed by atoms with van der Waals surface area (Å²) in [5.74, 6) is 1.81. The Morgan fingerprint density at radius 2 is 2.33 bits per heavy atom. The second kappa shape index (κ2) is 4.16. The van der Waals surface area contributed by atoms with E-state index in [1.165, 1.54) is 0 Å². The van der Waals surface area contributed by atoms with E-state index < -0.39 is 0 Å². The average Bonchev–Trinajstić information content (AvgIpc) is 2.77. The number of ether oxygens (including phenoxy) is 1. The van der Waals surface area contributed by atoms with E-state index in [9.17, 15) is 0 Å². The third kappa shape index (κ3) is 2.37. The van der Waals surface area contributed by atoms with Gasteiger partial charge in [0.2, 0.25) is 0 Å². The maximum absolute atomic E-state index is 5.52. The first-order chi connectivity index (χ1) is 7.25. The van der Waals surface area contributed by atoms with Crippen LogP contribution in [0.25, 0.3) is 0 Å². The zero-order valence-corrected chi connectivity index (χ0v) is 8.92. The topological polar surface area (TPSA) is 44.9 Å². The third-order valence-electron chi connectivity index (χ3n) is 2.21. The van der Waals surface area contributed by atoms with Gasteiger partial charge in [-0.3, -0.25) is 4.68 Å². The van der Waals surface area contributed by atoms with Gasteiger partial charge >= 0.3 is 0 Å². The van der Waals surface area contributed by atoms with E-state index in [0.717, 1.165) is 18.1 Å². The molecule has 0 bridgehead atoms. The van der Waals surface area contributed by atoms with Crippen molar-refractivity contribution in [3.8, 4) is 5.75 Å². The van der Waals surface area contributed by atoms with Gasteiger partial charge < -0.3 is 9.30 Å². The fourth-order valence-electron chi connectivity index (χ4n) is 1.38. The first-order valence-electron chi connectivity index (χ1n) is 4.85. The molecule has 15 heavy (non-hydrogen) atoms. The summed E-state index contributed by atoms with van der Waals surface area (Å²) in [6.07, 6.45) is 7.29. The summed E-state index contributed by atoms with van der Waals surface area (Å²) in [6, 6.07) is 0. The van der Waals surface area contributed by atoms with Crippen molar-refractivity contribution in [1.29, 1.82) is 0 Å². The Bertz CT molecular complexity index is 432. The summed E-state index contributed by atoms with van der Waals surface area (Å²) in [6.45, 7) is 3.41. The predicted octanol–water partition coefficient (Wildman–Crippen LogP) is 1.00. The van der Waals surface area contributed by atoms with Gasteiger partial charge in [0.05, 0.1) is 18.9 Å². The maximum Gasteiger partial charge on any atom is 0.157 e. The molecule has 2 aromatic rings. The minimum Gasteiger partial charge on any atom is -0.488 e. The van der Waals surface area contributed by atoms with E-state index in [4.69, 9.17) is 4.74 Å². The van der Waals surface area contributed by atoms with Crippen LogP contribution >= 0.6 is 0 Å². The number of hydrogen-bond donors (Lipinski definition) is 0. The molecule has 0 saturated heterocycles. The van der Waals surface area contributed by atoms with E-state index in [1.54, 1.807) is 17.1 Å². The molecule has 0 aromatic carbocycles. The quantitative estimate of drug-likeness (QED) is 0.749. The molecule has 5 nitrogen and oxygen atoms in total. The van der Waals surface area contributed by atoms with E-state index in [2.05, 4.69) is 14.6 Å². The first kappa shape index (κ1) is 9.76. The van der Waals surface area contributed by atoms with Crippen molar-refractivity contribution in [1.82, 2.24) is 19.3 Å². The van der Waals surface area contributed by atoms with Crippen LogP contribution in [-0.4, -0.2) is 25.9 Å². The molecule has 0 aliphatic rings. The fraction of sp³-hybridized carbons (Fsp3) is 0.400. The van der Waals surface area contributed by atoms with Crippen molar-refractivity contribution in [3.63, 3.8) is 0 Å². The van der Waals surface area contributed by atoms with Crippen molar-refractivity contribution >= 4 is 0 Å². The normalized spacial score (nSPS) is 10.5. The van der Waals surface area contributed by atoms with E-state index in [0.29, 0.717) is 6.61 Å². The molecule has 0 atom stereocenters. The Morgan fingerprint density at radius 3 is 2.93 bits per heavy atom. The highest BCUT2D eigenvalue weighted by Gasteiger charge is 1.98. The number of nitrogens with zero attached hydrogens (tertiary/aromatic N) is 4. The molecule has 2 heterocycles. The molecule has 80 valence electrons. The SMILES string of the molecule is Cc1nccn1CCOc1cnn(C)c1. The molecule has 0 fully saturated rings. The highest BCUT2D eigenvalue weighted by Crippen LogP contribution is 2.06.